The van der Waals surface area contributed by atoms with Gasteiger partial charge in [-0.25, -0.2) is 0 Å². The van der Waals surface area contributed by atoms with Crippen molar-refractivity contribution in [2.45, 2.75) is 38.8 Å². The van der Waals surface area contributed by atoms with E-state index in [0.29, 0.717) is 12.1 Å². The first-order valence-electron chi connectivity index (χ1n) is 5.62. The van der Waals surface area contributed by atoms with Crippen LogP contribution in [-0.2, 0) is 0 Å². The molecule has 1 rings (SSSR count). The molecular formula is C14H18BrN. The Balaban J connectivity index is 2.64. The molecule has 0 saturated heterocycles. The molecule has 0 saturated carbocycles. The second kappa shape index (κ2) is 6.73. The molecule has 0 heterocycles. The normalized spacial score (nSPS) is 14.1. The molecule has 0 amide bonds. The summed E-state index contributed by atoms with van der Waals surface area (Å²) in [5, 5.41) is 3.55. The van der Waals surface area contributed by atoms with Crippen molar-refractivity contribution < 1.29 is 0 Å². The van der Waals surface area contributed by atoms with Crippen LogP contribution in [0.5, 0.6) is 0 Å². The van der Waals surface area contributed by atoms with Gasteiger partial charge in [-0.3, -0.25) is 0 Å². The van der Waals surface area contributed by atoms with Crippen molar-refractivity contribution in [2.75, 3.05) is 0 Å². The van der Waals surface area contributed by atoms with Gasteiger partial charge < -0.3 is 5.32 Å². The van der Waals surface area contributed by atoms with Crippen molar-refractivity contribution >= 4 is 15.9 Å². The Labute approximate surface area is 107 Å². The molecule has 0 fully saturated rings. The highest BCUT2D eigenvalue weighted by molar-refractivity contribution is 9.10. The van der Waals surface area contributed by atoms with Gasteiger partial charge in [-0.15, -0.1) is 12.3 Å². The quantitative estimate of drug-likeness (QED) is 0.806. The summed E-state index contributed by atoms with van der Waals surface area (Å²) < 4.78 is 1.11. The monoisotopic (exact) mass is 279 g/mol. The highest BCUT2D eigenvalue weighted by Gasteiger charge is 2.10. The molecule has 1 aromatic carbocycles. The minimum Gasteiger partial charge on any atom is -0.307 e. The van der Waals surface area contributed by atoms with Crippen LogP contribution in [0.4, 0.5) is 0 Å². The maximum Gasteiger partial charge on any atom is 0.0295 e. The molecule has 0 bridgehead atoms. The lowest BCUT2D eigenvalue weighted by molar-refractivity contribution is 0.449. The van der Waals surface area contributed by atoms with E-state index in [0.717, 1.165) is 17.3 Å². The van der Waals surface area contributed by atoms with Gasteiger partial charge in [0.25, 0.3) is 0 Å². The fourth-order valence-corrected chi connectivity index (χ4v) is 2.11. The summed E-state index contributed by atoms with van der Waals surface area (Å²) in [5.41, 5.74) is 1.28. The topological polar surface area (TPSA) is 12.0 Å². The Morgan fingerprint density at radius 3 is 2.81 bits per heavy atom. The van der Waals surface area contributed by atoms with Crippen molar-refractivity contribution in [3.63, 3.8) is 0 Å². The predicted octanol–water partition coefficient (Wildman–Crippen LogP) is 3.90. The number of hydrogen-bond acceptors (Lipinski definition) is 1. The number of benzene rings is 1. The van der Waals surface area contributed by atoms with Gasteiger partial charge in [0.15, 0.2) is 0 Å². The Hall–Kier alpha value is -0.780. The maximum atomic E-state index is 5.35. The second-order valence-electron chi connectivity index (χ2n) is 3.96. The van der Waals surface area contributed by atoms with E-state index < -0.39 is 0 Å². The molecule has 2 unspecified atom stereocenters. The van der Waals surface area contributed by atoms with Crippen LogP contribution >= 0.6 is 15.9 Å². The highest BCUT2D eigenvalue weighted by atomic mass is 79.9. The van der Waals surface area contributed by atoms with E-state index >= 15 is 0 Å². The van der Waals surface area contributed by atoms with Crippen LogP contribution in [0.2, 0.25) is 0 Å². The lowest BCUT2D eigenvalue weighted by Crippen LogP contribution is -2.30. The van der Waals surface area contributed by atoms with Crippen molar-refractivity contribution in [2.24, 2.45) is 0 Å². The predicted molar refractivity (Wildman–Crippen MR) is 73.2 cm³/mol. The largest absolute Gasteiger partial charge is 0.307 e. The minimum absolute atomic E-state index is 0.329. The fraction of sp³-hybridized carbons (Fsp3) is 0.429. The zero-order chi connectivity index (χ0) is 12.0. The number of hydrogen-bond donors (Lipinski definition) is 1. The number of halogens is 1. The van der Waals surface area contributed by atoms with Gasteiger partial charge in [0.1, 0.15) is 0 Å². The van der Waals surface area contributed by atoms with Crippen molar-refractivity contribution in [1.29, 1.82) is 0 Å². The average Bonchev–Trinajstić information content (AvgIpc) is 2.28. The first kappa shape index (κ1) is 13.3. The molecule has 0 aliphatic carbocycles. The zero-order valence-electron chi connectivity index (χ0n) is 9.83. The third-order valence-corrected chi connectivity index (χ3v) is 3.18. The van der Waals surface area contributed by atoms with Crippen LogP contribution in [0.1, 0.15) is 38.3 Å². The van der Waals surface area contributed by atoms with Gasteiger partial charge in [0.05, 0.1) is 0 Å². The van der Waals surface area contributed by atoms with Crippen LogP contribution in [-0.4, -0.2) is 6.04 Å². The molecule has 86 valence electrons. The molecular weight excluding hydrogens is 262 g/mol. The average molecular weight is 280 g/mol. The van der Waals surface area contributed by atoms with E-state index in [2.05, 4.69) is 59.2 Å². The van der Waals surface area contributed by atoms with E-state index in [-0.39, 0.29) is 0 Å². The summed E-state index contributed by atoms with van der Waals surface area (Å²) in [5.74, 6) is 2.72. The number of rotatable bonds is 5. The summed E-state index contributed by atoms with van der Waals surface area (Å²) in [6.07, 6.45) is 7.19. The molecule has 2 heteroatoms. The van der Waals surface area contributed by atoms with Gasteiger partial charge >= 0.3 is 0 Å². The molecule has 2 atom stereocenters. The van der Waals surface area contributed by atoms with Crippen LogP contribution in [0.3, 0.4) is 0 Å². The minimum atomic E-state index is 0.329. The first-order chi connectivity index (χ1) is 7.67. The Bertz CT molecular complexity index is 367. The van der Waals surface area contributed by atoms with Gasteiger partial charge in [-0.05, 0) is 31.0 Å². The van der Waals surface area contributed by atoms with Gasteiger partial charge in [-0.2, -0.15) is 0 Å². The van der Waals surface area contributed by atoms with E-state index in [9.17, 15) is 0 Å². The van der Waals surface area contributed by atoms with Crippen LogP contribution in [0, 0.1) is 12.3 Å². The molecule has 1 N–H and O–H groups in total. The van der Waals surface area contributed by atoms with Crippen molar-refractivity contribution in [1.82, 2.24) is 5.32 Å². The van der Waals surface area contributed by atoms with Crippen LogP contribution in [0.15, 0.2) is 28.7 Å². The third-order valence-electron chi connectivity index (χ3n) is 2.69. The lowest BCUT2D eigenvalue weighted by atomic mass is 10.1. The summed E-state index contributed by atoms with van der Waals surface area (Å²) >= 11 is 3.48. The number of terminal acetylenes is 1. The van der Waals surface area contributed by atoms with E-state index in [1.54, 1.807) is 0 Å². The second-order valence-corrected chi connectivity index (χ2v) is 4.87. The molecule has 1 aromatic rings. The van der Waals surface area contributed by atoms with Crippen LogP contribution in [0.25, 0.3) is 0 Å². The van der Waals surface area contributed by atoms with E-state index in [4.69, 9.17) is 6.42 Å². The fourth-order valence-electron chi connectivity index (χ4n) is 1.69. The number of nitrogens with one attached hydrogen (secondary N) is 1. The smallest absolute Gasteiger partial charge is 0.0295 e. The van der Waals surface area contributed by atoms with Gasteiger partial charge in [-0.1, -0.05) is 35.0 Å². The maximum absolute atomic E-state index is 5.35. The Kier molecular flexibility index (Phi) is 5.59. The zero-order valence-corrected chi connectivity index (χ0v) is 11.4. The van der Waals surface area contributed by atoms with Crippen molar-refractivity contribution in [3.05, 3.63) is 34.3 Å². The molecule has 0 radical (unpaired) electrons. The lowest BCUT2D eigenvalue weighted by Gasteiger charge is -2.21. The van der Waals surface area contributed by atoms with Crippen molar-refractivity contribution in [3.8, 4) is 12.3 Å². The molecule has 0 aliphatic heterocycles. The molecule has 16 heavy (non-hydrogen) atoms. The third kappa shape index (κ3) is 4.00. The van der Waals surface area contributed by atoms with Gasteiger partial charge in [0, 0.05) is 23.0 Å². The molecule has 0 aliphatic rings. The summed E-state index contributed by atoms with van der Waals surface area (Å²) in [7, 11) is 0. The Morgan fingerprint density at radius 1 is 1.50 bits per heavy atom. The summed E-state index contributed by atoms with van der Waals surface area (Å²) in [6, 6.07) is 9.09. The van der Waals surface area contributed by atoms with E-state index in [1.807, 2.05) is 6.07 Å². The molecule has 1 nitrogen and oxygen atoms in total. The summed E-state index contributed by atoms with van der Waals surface area (Å²) in [6.45, 7) is 4.32. The SMILES string of the molecule is C#CCC(CC)NC(C)c1cccc(Br)c1. The standard InChI is InChI=1S/C14H18BrN/c1-4-7-14(5-2)16-11(3)12-8-6-9-13(15)10-12/h1,6,8-11,14,16H,5,7H2,2-3H3. The Morgan fingerprint density at radius 2 is 2.25 bits per heavy atom. The highest BCUT2D eigenvalue weighted by Crippen LogP contribution is 2.18. The summed E-state index contributed by atoms with van der Waals surface area (Å²) in [4.78, 5) is 0. The molecule has 0 spiro atoms. The molecule has 0 aromatic heterocycles. The van der Waals surface area contributed by atoms with Gasteiger partial charge in [0.2, 0.25) is 0 Å². The van der Waals surface area contributed by atoms with Crippen LogP contribution < -0.4 is 5.32 Å². The van der Waals surface area contributed by atoms with E-state index in [1.165, 1.54) is 5.56 Å². The first-order valence-corrected chi connectivity index (χ1v) is 6.41.